The van der Waals surface area contributed by atoms with Gasteiger partial charge in [0.1, 0.15) is 17.7 Å². The minimum atomic E-state index is -4.82. The molecule has 2 aromatic heterocycles. The number of hydrogen-bond acceptors (Lipinski definition) is 6. The van der Waals surface area contributed by atoms with Gasteiger partial charge in [-0.2, -0.15) is 18.4 Å². The predicted octanol–water partition coefficient (Wildman–Crippen LogP) is 5.45. The lowest BCUT2D eigenvalue weighted by molar-refractivity contribution is -0.137. The zero-order chi connectivity index (χ0) is 26.3. The molecule has 1 saturated heterocycles. The van der Waals surface area contributed by atoms with E-state index in [1.807, 2.05) is 4.90 Å². The number of benzene rings is 2. The minimum Gasteiger partial charge on any atom is -0.341 e. The van der Waals surface area contributed by atoms with Crippen molar-refractivity contribution in [2.24, 2.45) is 5.73 Å². The number of hydrogen-bond donors (Lipinski definition) is 1. The van der Waals surface area contributed by atoms with Crippen LogP contribution in [0.2, 0.25) is 0 Å². The van der Waals surface area contributed by atoms with Gasteiger partial charge < -0.3 is 10.6 Å². The van der Waals surface area contributed by atoms with Gasteiger partial charge in [0.25, 0.3) is 0 Å². The number of halogens is 5. The molecule has 11 heteroatoms. The van der Waals surface area contributed by atoms with Crippen molar-refractivity contribution >= 4 is 16.9 Å². The molecule has 0 atom stereocenters. The number of anilines is 1. The maximum absolute atomic E-state index is 14.7. The van der Waals surface area contributed by atoms with Crippen LogP contribution in [0.5, 0.6) is 0 Å². The van der Waals surface area contributed by atoms with Crippen LogP contribution in [0.25, 0.3) is 33.4 Å². The number of nitrogens with two attached hydrogens (primary N) is 1. The fourth-order valence-corrected chi connectivity index (χ4v) is 4.39. The highest BCUT2D eigenvalue weighted by molar-refractivity contribution is 5.95. The zero-order valence-electron chi connectivity index (χ0n) is 19.2. The number of nitrogens with zero attached hydrogens (tertiary/aromatic N) is 5. The SMILES string of the molecule is N#Cc1ccc(-c2nc(N3CCC(N)CC3)nc3cnc(-c4c(F)cccc4C(F)(F)F)cc23)cc1F. The maximum atomic E-state index is 14.7. The Morgan fingerprint density at radius 3 is 2.43 bits per heavy atom. The van der Waals surface area contributed by atoms with Gasteiger partial charge in [0, 0.05) is 35.6 Å². The molecule has 2 aromatic carbocycles. The number of rotatable bonds is 3. The summed E-state index contributed by atoms with van der Waals surface area (Å²) in [5, 5.41) is 9.35. The van der Waals surface area contributed by atoms with Crippen molar-refractivity contribution in [1.82, 2.24) is 15.0 Å². The molecule has 0 spiro atoms. The molecule has 2 N–H and O–H groups in total. The van der Waals surface area contributed by atoms with Gasteiger partial charge in [-0.1, -0.05) is 12.1 Å². The molecular weight excluding hydrogens is 491 g/mol. The van der Waals surface area contributed by atoms with Crippen LogP contribution in [0.15, 0.2) is 48.7 Å². The largest absolute Gasteiger partial charge is 0.417 e. The van der Waals surface area contributed by atoms with Gasteiger partial charge in [-0.15, -0.1) is 0 Å². The number of nitriles is 1. The summed E-state index contributed by atoms with van der Waals surface area (Å²) in [6.45, 7) is 1.17. The average molecular weight is 510 g/mol. The first kappa shape index (κ1) is 24.5. The lowest BCUT2D eigenvalue weighted by atomic mass is 10.00. The highest BCUT2D eigenvalue weighted by Gasteiger charge is 2.35. The molecule has 0 bridgehead atoms. The monoisotopic (exact) mass is 510 g/mol. The fourth-order valence-electron chi connectivity index (χ4n) is 4.39. The van der Waals surface area contributed by atoms with E-state index in [1.165, 1.54) is 24.4 Å². The van der Waals surface area contributed by atoms with Crippen LogP contribution in [0.4, 0.5) is 27.9 Å². The summed E-state index contributed by atoms with van der Waals surface area (Å²) in [4.78, 5) is 15.2. The Morgan fingerprint density at radius 2 is 1.76 bits per heavy atom. The van der Waals surface area contributed by atoms with E-state index < -0.39 is 28.9 Å². The second kappa shape index (κ2) is 9.37. The van der Waals surface area contributed by atoms with E-state index in [0.717, 1.165) is 24.3 Å². The zero-order valence-corrected chi connectivity index (χ0v) is 19.2. The summed E-state index contributed by atoms with van der Waals surface area (Å²) in [6.07, 6.45) is -2.13. The summed E-state index contributed by atoms with van der Waals surface area (Å²) in [6, 6.07) is 9.66. The Kier molecular flexibility index (Phi) is 6.21. The van der Waals surface area contributed by atoms with Gasteiger partial charge in [-0.25, -0.2) is 18.7 Å². The van der Waals surface area contributed by atoms with Gasteiger partial charge in [0.2, 0.25) is 5.95 Å². The number of fused-ring (bicyclic) bond motifs is 1. The molecule has 6 nitrogen and oxygen atoms in total. The van der Waals surface area contributed by atoms with Gasteiger partial charge in [-0.3, -0.25) is 4.98 Å². The summed E-state index contributed by atoms with van der Waals surface area (Å²) < 4.78 is 70.3. The van der Waals surface area contributed by atoms with E-state index >= 15 is 0 Å². The summed E-state index contributed by atoms with van der Waals surface area (Å²) >= 11 is 0. The molecule has 0 unspecified atom stereocenters. The molecule has 1 aliphatic rings. The molecule has 188 valence electrons. The van der Waals surface area contributed by atoms with E-state index in [2.05, 4.69) is 15.0 Å². The minimum absolute atomic E-state index is 0.0524. The molecule has 5 rings (SSSR count). The van der Waals surface area contributed by atoms with E-state index in [0.29, 0.717) is 31.9 Å². The molecule has 1 fully saturated rings. The van der Waals surface area contributed by atoms with Crippen molar-refractivity contribution in [3.63, 3.8) is 0 Å². The molecule has 3 heterocycles. The van der Waals surface area contributed by atoms with E-state index in [4.69, 9.17) is 11.0 Å². The Hall–Kier alpha value is -4.17. The van der Waals surface area contributed by atoms with Crippen molar-refractivity contribution < 1.29 is 22.0 Å². The number of alkyl halides is 3. The van der Waals surface area contributed by atoms with Crippen molar-refractivity contribution in [1.29, 1.82) is 5.26 Å². The normalized spacial score (nSPS) is 14.7. The second-order valence-corrected chi connectivity index (χ2v) is 8.75. The Balaban J connectivity index is 1.74. The highest BCUT2D eigenvalue weighted by Crippen LogP contribution is 2.39. The van der Waals surface area contributed by atoms with Crippen LogP contribution in [0.1, 0.15) is 24.0 Å². The van der Waals surface area contributed by atoms with Gasteiger partial charge >= 0.3 is 6.18 Å². The Morgan fingerprint density at radius 1 is 1.00 bits per heavy atom. The second-order valence-electron chi connectivity index (χ2n) is 8.75. The Labute approximate surface area is 208 Å². The van der Waals surface area contributed by atoms with Gasteiger partial charge in [0.15, 0.2) is 0 Å². The van der Waals surface area contributed by atoms with Crippen LogP contribution in [0, 0.1) is 23.0 Å². The smallest absolute Gasteiger partial charge is 0.341 e. The fraction of sp³-hybridized carbons (Fsp3) is 0.231. The number of aromatic nitrogens is 3. The van der Waals surface area contributed by atoms with E-state index in [9.17, 15) is 22.0 Å². The molecule has 0 radical (unpaired) electrons. The van der Waals surface area contributed by atoms with E-state index in [1.54, 1.807) is 6.07 Å². The third-order valence-electron chi connectivity index (χ3n) is 6.33. The van der Waals surface area contributed by atoms with Gasteiger partial charge in [-0.05, 0) is 43.2 Å². The highest BCUT2D eigenvalue weighted by atomic mass is 19.4. The molecule has 1 aliphatic heterocycles. The van der Waals surface area contributed by atoms with Gasteiger partial charge in [0.05, 0.1) is 34.2 Å². The lowest BCUT2D eigenvalue weighted by Gasteiger charge is -2.30. The summed E-state index contributed by atoms with van der Waals surface area (Å²) in [7, 11) is 0. The van der Waals surface area contributed by atoms with Crippen molar-refractivity contribution in [2.75, 3.05) is 18.0 Å². The van der Waals surface area contributed by atoms with Crippen LogP contribution in [-0.2, 0) is 6.18 Å². The molecule has 4 aromatic rings. The molecular formula is C26H19F5N6. The quantitative estimate of drug-likeness (QED) is 0.369. The first-order chi connectivity index (χ1) is 17.7. The average Bonchev–Trinajstić information content (AvgIpc) is 2.87. The molecule has 0 saturated carbocycles. The number of piperidine rings is 1. The predicted molar refractivity (Wildman–Crippen MR) is 127 cm³/mol. The van der Waals surface area contributed by atoms with E-state index in [-0.39, 0.29) is 39.5 Å². The van der Waals surface area contributed by atoms with Crippen LogP contribution in [0.3, 0.4) is 0 Å². The molecule has 0 aliphatic carbocycles. The van der Waals surface area contributed by atoms with Crippen LogP contribution >= 0.6 is 0 Å². The topological polar surface area (TPSA) is 91.7 Å². The third kappa shape index (κ3) is 4.68. The number of pyridine rings is 1. The van der Waals surface area contributed by atoms with Crippen molar-refractivity contribution in [3.8, 4) is 28.6 Å². The van der Waals surface area contributed by atoms with Crippen LogP contribution in [-0.4, -0.2) is 34.1 Å². The Bertz CT molecular complexity index is 1540. The van der Waals surface area contributed by atoms with Crippen LogP contribution < -0.4 is 10.6 Å². The maximum Gasteiger partial charge on any atom is 0.417 e. The lowest BCUT2D eigenvalue weighted by Crippen LogP contribution is -2.40. The first-order valence-corrected chi connectivity index (χ1v) is 11.4. The summed E-state index contributed by atoms with van der Waals surface area (Å²) in [5.74, 6) is -1.54. The molecule has 37 heavy (non-hydrogen) atoms. The summed E-state index contributed by atoms with van der Waals surface area (Å²) in [5.41, 5.74) is 4.46. The van der Waals surface area contributed by atoms with Crippen molar-refractivity contribution in [2.45, 2.75) is 25.1 Å². The standard InChI is InChI=1S/C26H19F5N6/c27-19-3-1-2-18(26(29,30)31)23(19)21-11-17-22(13-34-21)35-25(37-8-6-16(33)7-9-37)36-24(17)14-4-5-15(12-32)20(28)10-14/h1-5,10-11,13,16H,6-9,33H2. The molecule has 0 amide bonds. The van der Waals surface area contributed by atoms with Crippen molar-refractivity contribution in [3.05, 3.63) is 71.4 Å². The first-order valence-electron chi connectivity index (χ1n) is 11.4. The third-order valence-corrected chi connectivity index (χ3v) is 6.33.